The number of amides is 3. The molecule has 2 N–H and O–H groups in total. The largest absolute Gasteiger partial charge is 0.481 e. The lowest BCUT2D eigenvalue weighted by molar-refractivity contribution is -0.143. The van der Waals surface area contributed by atoms with E-state index in [1.807, 2.05) is 23.1 Å². The fourth-order valence-electron chi connectivity index (χ4n) is 3.56. The molecule has 0 aromatic heterocycles. The summed E-state index contributed by atoms with van der Waals surface area (Å²) in [4.78, 5) is 39.0. The van der Waals surface area contributed by atoms with Crippen molar-refractivity contribution in [1.82, 2.24) is 9.80 Å². The van der Waals surface area contributed by atoms with Gasteiger partial charge in [-0.15, -0.1) is 0 Å². The van der Waals surface area contributed by atoms with Gasteiger partial charge in [-0.1, -0.05) is 12.1 Å². The van der Waals surface area contributed by atoms with Gasteiger partial charge < -0.3 is 20.2 Å². The molecule has 2 heterocycles. The molecule has 0 aliphatic carbocycles. The van der Waals surface area contributed by atoms with Crippen LogP contribution in [0, 0.1) is 5.92 Å². The Hall–Kier alpha value is -2.57. The quantitative estimate of drug-likeness (QED) is 0.864. The number of carboxylic acids is 1. The van der Waals surface area contributed by atoms with E-state index in [1.165, 1.54) is 0 Å². The monoisotopic (exact) mass is 359 g/mol. The summed E-state index contributed by atoms with van der Waals surface area (Å²) >= 11 is 0. The molecule has 2 aliphatic heterocycles. The highest BCUT2D eigenvalue weighted by Crippen LogP contribution is 2.20. The van der Waals surface area contributed by atoms with E-state index < -0.39 is 11.9 Å². The van der Waals surface area contributed by atoms with Crippen LogP contribution < -0.4 is 5.32 Å². The van der Waals surface area contributed by atoms with E-state index in [-0.39, 0.29) is 18.5 Å². The Bertz CT molecular complexity index is 691. The van der Waals surface area contributed by atoms with E-state index in [4.69, 9.17) is 5.11 Å². The van der Waals surface area contributed by atoms with Crippen molar-refractivity contribution in [1.29, 1.82) is 0 Å². The number of carboxylic acid groups (broad SMARTS) is 1. The third-order valence-corrected chi connectivity index (χ3v) is 5.03. The number of anilines is 1. The number of nitrogens with one attached hydrogen (secondary N) is 1. The van der Waals surface area contributed by atoms with Crippen molar-refractivity contribution in [3.05, 3.63) is 29.8 Å². The Kier molecular flexibility index (Phi) is 5.75. The summed E-state index contributed by atoms with van der Waals surface area (Å²) in [5.41, 5.74) is 1.63. The molecule has 1 unspecified atom stereocenters. The second-order valence-corrected chi connectivity index (χ2v) is 7.03. The van der Waals surface area contributed by atoms with Crippen LogP contribution in [0.5, 0.6) is 0 Å². The molecule has 1 aromatic carbocycles. The standard InChI is InChI=1S/C19H25N3O4/c23-17-8-1-2-9-21(17)12-14-5-3-7-16(11-14)20-19(26)22-10-4-6-15(13-22)18(24)25/h3,5,7,11,15H,1-2,4,6,8-10,12-13H2,(H,20,26)(H,24,25). The van der Waals surface area contributed by atoms with Crippen molar-refractivity contribution >= 4 is 23.6 Å². The normalized spacial score (nSPS) is 20.8. The Labute approximate surface area is 153 Å². The van der Waals surface area contributed by atoms with Crippen LogP contribution in [0.2, 0.25) is 0 Å². The molecule has 2 fully saturated rings. The highest BCUT2D eigenvalue weighted by atomic mass is 16.4. The molecule has 26 heavy (non-hydrogen) atoms. The van der Waals surface area contributed by atoms with Gasteiger partial charge in [0.05, 0.1) is 5.92 Å². The average molecular weight is 359 g/mol. The van der Waals surface area contributed by atoms with Crippen molar-refractivity contribution in [2.24, 2.45) is 5.92 Å². The first-order chi connectivity index (χ1) is 12.5. The molecule has 1 atom stereocenters. The number of rotatable bonds is 4. The van der Waals surface area contributed by atoms with Gasteiger partial charge in [0, 0.05) is 38.3 Å². The molecule has 2 aliphatic rings. The molecule has 1 aromatic rings. The Morgan fingerprint density at radius 3 is 2.81 bits per heavy atom. The topological polar surface area (TPSA) is 89.9 Å². The zero-order valence-corrected chi connectivity index (χ0v) is 14.8. The summed E-state index contributed by atoms with van der Waals surface area (Å²) in [5.74, 6) is -1.17. The number of benzene rings is 1. The second-order valence-electron chi connectivity index (χ2n) is 7.03. The van der Waals surface area contributed by atoms with Gasteiger partial charge in [0.15, 0.2) is 0 Å². The number of hydrogen-bond acceptors (Lipinski definition) is 3. The predicted octanol–water partition coefficient (Wildman–Crippen LogP) is 2.53. The van der Waals surface area contributed by atoms with Crippen molar-refractivity contribution in [2.45, 2.75) is 38.6 Å². The Morgan fingerprint density at radius 2 is 2.04 bits per heavy atom. The summed E-state index contributed by atoms with van der Waals surface area (Å²) in [5, 5.41) is 12.0. The molecule has 3 amide bonds. The minimum atomic E-state index is -0.851. The molecular weight excluding hydrogens is 334 g/mol. The van der Waals surface area contributed by atoms with Crippen LogP contribution in [0.4, 0.5) is 10.5 Å². The zero-order valence-electron chi connectivity index (χ0n) is 14.8. The summed E-state index contributed by atoms with van der Waals surface area (Å²) in [6, 6.07) is 7.20. The molecular formula is C19H25N3O4. The van der Waals surface area contributed by atoms with Gasteiger partial charge in [0.1, 0.15) is 0 Å². The number of hydrogen-bond donors (Lipinski definition) is 2. The summed E-state index contributed by atoms with van der Waals surface area (Å²) in [6.07, 6.45) is 3.90. The van der Waals surface area contributed by atoms with E-state index in [1.54, 1.807) is 11.0 Å². The summed E-state index contributed by atoms with van der Waals surface area (Å²) < 4.78 is 0. The number of nitrogens with zero attached hydrogens (tertiary/aromatic N) is 2. The Balaban J connectivity index is 1.60. The van der Waals surface area contributed by atoms with Crippen LogP contribution in [-0.4, -0.2) is 52.4 Å². The second kappa shape index (κ2) is 8.21. The molecule has 2 saturated heterocycles. The lowest BCUT2D eigenvalue weighted by Gasteiger charge is -2.30. The van der Waals surface area contributed by atoms with Crippen molar-refractivity contribution in [3.63, 3.8) is 0 Å². The third kappa shape index (κ3) is 4.53. The Morgan fingerprint density at radius 1 is 1.19 bits per heavy atom. The van der Waals surface area contributed by atoms with Crippen LogP contribution in [0.1, 0.15) is 37.7 Å². The number of carbonyl (C=O) groups is 3. The van der Waals surface area contributed by atoms with Gasteiger partial charge in [-0.05, 0) is 43.4 Å². The maximum Gasteiger partial charge on any atom is 0.321 e. The highest BCUT2D eigenvalue weighted by Gasteiger charge is 2.28. The summed E-state index contributed by atoms with van der Waals surface area (Å²) in [6.45, 7) is 2.13. The van der Waals surface area contributed by atoms with Crippen LogP contribution in [0.25, 0.3) is 0 Å². The molecule has 3 rings (SSSR count). The van der Waals surface area contributed by atoms with Crippen molar-refractivity contribution in [3.8, 4) is 0 Å². The number of carbonyl (C=O) groups excluding carboxylic acids is 2. The van der Waals surface area contributed by atoms with E-state index in [0.717, 1.165) is 24.9 Å². The minimum Gasteiger partial charge on any atom is -0.481 e. The first kappa shape index (κ1) is 18.2. The van der Waals surface area contributed by atoms with Gasteiger partial charge in [0.25, 0.3) is 0 Å². The fraction of sp³-hybridized carbons (Fsp3) is 0.526. The number of piperidine rings is 2. The van der Waals surface area contributed by atoms with Crippen LogP contribution in [0.15, 0.2) is 24.3 Å². The van der Waals surface area contributed by atoms with Crippen LogP contribution in [-0.2, 0) is 16.1 Å². The molecule has 0 saturated carbocycles. The van der Waals surface area contributed by atoms with E-state index in [2.05, 4.69) is 5.32 Å². The minimum absolute atomic E-state index is 0.179. The van der Waals surface area contributed by atoms with Gasteiger partial charge >= 0.3 is 12.0 Å². The first-order valence-electron chi connectivity index (χ1n) is 9.18. The summed E-state index contributed by atoms with van der Waals surface area (Å²) in [7, 11) is 0. The van der Waals surface area contributed by atoms with Crippen LogP contribution >= 0.6 is 0 Å². The van der Waals surface area contributed by atoms with Gasteiger partial charge in [0.2, 0.25) is 5.91 Å². The molecule has 0 spiro atoms. The maximum atomic E-state index is 12.4. The van der Waals surface area contributed by atoms with E-state index in [9.17, 15) is 14.4 Å². The molecule has 0 bridgehead atoms. The SMILES string of the molecule is O=C(O)C1CCCN(C(=O)Nc2cccc(CN3CCCCC3=O)c2)C1. The maximum absolute atomic E-state index is 12.4. The smallest absolute Gasteiger partial charge is 0.321 e. The predicted molar refractivity (Wildman–Crippen MR) is 96.7 cm³/mol. The van der Waals surface area contributed by atoms with Gasteiger partial charge in [-0.25, -0.2) is 4.79 Å². The highest BCUT2D eigenvalue weighted by molar-refractivity contribution is 5.90. The zero-order chi connectivity index (χ0) is 18.5. The molecule has 7 nitrogen and oxygen atoms in total. The number of urea groups is 1. The van der Waals surface area contributed by atoms with Crippen molar-refractivity contribution in [2.75, 3.05) is 25.0 Å². The first-order valence-corrected chi connectivity index (χ1v) is 9.18. The van der Waals surface area contributed by atoms with Crippen molar-refractivity contribution < 1.29 is 19.5 Å². The fourth-order valence-corrected chi connectivity index (χ4v) is 3.56. The number of aliphatic carboxylic acids is 1. The average Bonchev–Trinajstić information content (AvgIpc) is 2.64. The van der Waals surface area contributed by atoms with Gasteiger partial charge in [-0.3, -0.25) is 9.59 Å². The third-order valence-electron chi connectivity index (χ3n) is 5.03. The van der Waals surface area contributed by atoms with E-state index >= 15 is 0 Å². The lowest BCUT2D eigenvalue weighted by atomic mass is 9.99. The molecule has 7 heteroatoms. The lowest BCUT2D eigenvalue weighted by Crippen LogP contribution is -2.44. The van der Waals surface area contributed by atoms with E-state index in [0.29, 0.717) is 38.0 Å². The molecule has 140 valence electrons. The molecule has 0 radical (unpaired) electrons. The number of likely N-dealkylation sites (tertiary alicyclic amines) is 2. The van der Waals surface area contributed by atoms with Gasteiger partial charge in [-0.2, -0.15) is 0 Å². The van der Waals surface area contributed by atoms with Crippen LogP contribution in [0.3, 0.4) is 0 Å².